The molecule has 1 aromatic heterocycles. The zero-order chi connectivity index (χ0) is 15.9. The van der Waals surface area contributed by atoms with Gasteiger partial charge in [0.15, 0.2) is 5.82 Å². The lowest BCUT2D eigenvalue weighted by molar-refractivity contribution is 0.0600. The highest BCUT2D eigenvalue weighted by Crippen LogP contribution is 2.21. The zero-order valence-electron chi connectivity index (χ0n) is 12.2. The van der Waals surface area contributed by atoms with E-state index in [1.807, 2.05) is 13.0 Å². The van der Waals surface area contributed by atoms with Crippen molar-refractivity contribution < 1.29 is 14.1 Å². The van der Waals surface area contributed by atoms with Gasteiger partial charge in [0, 0.05) is 11.8 Å². The summed E-state index contributed by atoms with van der Waals surface area (Å²) in [6, 6.07) is 5.23. The smallest absolute Gasteiger partial charge is 0.337 e. The number of carbonyl (C=O) groups is 1. The van der Waals surface area contributed by atoms with Gasteiger partial charge in [0.25, 0.3) is 5.89 Å². The molecule has 1 heterocycles. The molecule has 0 saturated carbocycles. The van der Waals surface area contributed by atoms with E-state index >= 15 is 0 Å². The third kappa shape index (κ3) is 3.76. The number of nitrogens with one attached hydrogen (secondary N) is 1. The normalized spacial score (nSPS) is 11.2. The van der Waals surface area contributed by atoms with Gasteiger partial charge in [-0.2, -0.15) is 4.98 Å². The summed E-state index contributed by atoms with van der Waals surface area (Å²) in [5.41, 5.74) is 1.98. The van der Waals surface area contributed by atoms with Gasteiger partial charge in [0.2, 0.25) is 0 Å². The molecule has 6 heteroatoms. The maximum absolute atomic E-state index is 11.6. The Kier molecular flexibility index (Phi) is 4.98. The van der Waals surface area contributed by atoms with Crippen LogP contribution in [0, 0.1) is 12.3 Å². The van der Waals surface area contributed by atoms with E-state index in [-0.39, 0.29) is 0 Å². The molecule has 0 unspecified atom stereocenters. The molecule has 0 saturated heterocycles. The molecule has 0 radical (unpaired) electrons. The Hall–Kier alpha value is -3.02. The van der Waals surface area contributed by atoms with Crippen LogP contribution in [0.1, 0.15) is 21.7 Å². The van der Waals surface area contributed by atoms with Gasteiger partial charge in [0.1, 0.15) is 0 Å². The van der Waals surface area contributed by atoms with Crippen LogP contribution in [0.15, 0.2) is 41.0 Å². The first-order valence-corrected chi connectivity index (χ1v) is 6.52. The third-order valence-electron chi connectivity index (χ3n) is 2.75. The molecular formula is C16H15N3O3. The summed E-state index contributed by atoms with van der Waals surface area (Å²) in [6.07, 6.45) is 7.79. The van der Waals surface area contributed by atoms with E-state index < -0.39 is 5.97 Å². The summed E-state index contributed by atoms with van der Waals surface area (Å²) in [7, 11) is 1.34. The number of benzene rings is 1. The van der Waals surface area contributed by atoms with E-state index in [4.69, 9.17) is 14.7 Å². The Balaban J connectivity index is 2.29. The largest absolute Gasteiger partial charge is 0.465 e. The van der Waals surface area contributed by atoms with Crippen molar-refractivity contribution in [2.24, 2.45) is 0 Å². The summed E-state index contributed by atoms with van der Waals surface area (Å²) in [5, 5.41) is 10.7. The second-order valence-electron chi connectivity index (χ2n) is 4.45. The van der Waals surface area contributed by atoms with E-state index in [2.05, 4.69) is 10.1 Å². The molecular weight excluding hydrogens is 282 g/mol. The van der Waals surface area contributed by atoms with E-state index in [1.54, 1.807) is 36.4 Å². The van der Waals surface area contributed by atoms with Crippen LogP contribution in [-0.2, 0) is 4.74 Å². The molecule has 0 spiro atoms. The molecule has 1 aromatic carbocycles. The number of aryl methyl sites for hydroxylation is 1. The van der Waals surface area contributed by atoms with Gasteiger partial charge in [-0.15, -0.1) is 0 Å². The summed E-state index contributed by atoms with van der Waals surface area (Å²) in [5.74, 6) is 0.316. The monoisotopic (exact) mass is 297 g/mol. The van der Waals surface area contributed by atoms with Gasteiger partial charge >= 0.3 is 5.97 Å². The number of carbonyl (C=O) groups excluding carboxylic acids is 1. The maximum Gasteiger partial charge on any atom is 0.337 e. The summed E-state index contributed by atoms with van der Waals surface area (Å²) in [6.45, 7) is 1.87. The van der Waals surface area contributed by atoms with Gasteiger partial charge in [-0.1, -0.05) is 17.3 Å². The topological polar surface area (TPSA) is 89.1 Å². The van der Waals surface area contributed by atoms with Crippen LogP contribution in [0.3, 0.4) is 0 Å². The van der Waals surface area contributed by atoms with Crippen LogP contribution in [0.5, 0.6) is 0 Å². The zero-order valence-corrected chi connectivity index (χ0v) is 12.2. The van der Waals surface area contributed by atoms with Gasteiger partial charge in [0.05, 0.1) is 12.7 Å². The number of hydrogen-bond donors (Lipinski definition) is 1. The molecule has 0 bridgehead atoms. The minimum atomic E-state index is -0.415. The molecule has 22 heavy (non-hydrogen) atoms. The van der Waals surface area contributed by atoms with E-state index in [0.717, 1.165) is 5.56 Å². The minimum absolute atomic E-state index is 0.324. The van der Waals surface area contributed by atoms with E-state index in [1.165, 1.54) is 13.3 Å². The van der Waals surface area contributed by atoms with E-state index in [9.17, 15) is 4.79 Å². The van der Waals surface area contributed by atoms with Crippen molar-refractivity contribution in [3.05, 3.63) is 53.4 Å². The van der Waals surface area contributed by atoms with Crippen LogP contribution in [0.25, 0.3) is 17.5 Å². The van der Waals surface area contributed by atoms with Crippen molar-refractivity contribution in [3.63, 3.8) is 0 Å². The average Bonchev–Trinajstić information content (AvgIpc) is 2.99. The van der Waals surface area contributed by atoms with Crippen LogP contribution in [0.4, 0.5) is 0 Å². The molecule has 1 N–H and O–H groups in total. The van der Waals surface area contributed by atoms with Gasteiger partial charge in [-0.05, 0) is 42.8 Å². The van der Waals surface area contributed by atoms with Crippen molar-refractivity contribution in [2.75, 3.05) is 7.11 Å². The third-order valence-corrected chi connectivity index (χ3v) is 2.75. The summed E-state index contributed by atoms with van der Waals surface area (Å²) < 4.78 is 9.92. The predicted octanol–water partition coefficient (Wildman–Crippen LogP) is 3.05. The van der Waals surface area contributed by atoms with Crippen molar-refractivity contribution in [1.82, 2.24) is 10.1 Å². The fourth-order valence-electron chi connectivity index (χ4n) is 1.82. The second kappa shape index (κ2) is 7.12. The van der Waals surface area contributed by atoms with Crippen LogP contribution in [-0.4, -0.2) is 29.4 Å². The number of nitrogens with zero attached hydrogens (tertiary/aromatic N) is 2. The minimum Gasteiger partial charge on any atom is -0.465 e. The molecule has 2 rings (SSSR count). The Morgan fingerprint density at radius 3 is 2.82 bits per heavy atom. The summed E-state index contributed by atoms with van der Waals surface area (Å²) in [4.78, 5) is 15.9. The Labute approximate surface area is 127 Å². The number of ether oxygens (including phenoxy) is 1. The second-order valence-corrected chi connectivity index (χ2v) is 4.45. The Morgan fingerprint density at radius 1 is 1.27 bits per heavy atom. The standard InChI is InChI=1S/C16H15N3O3/c1-11-8-12(10-13(9-11)16(20)21-2)15-18-14(19-22-15)6-4-3-5-7-17/h3-10,17H,1-2H3/b5-3-,6-4+,17-7?. The molecule has 0 aliphatic rings. The van der Waals surface area contributed by atoms with Crippen molar-refractivity contribution in [3.8, 4) is 11.5 Å². The van der Waals surface area contributed by atoms with Crippen molar-refractivity contribution >= 4 is 18.3 Å². The molecule has 0 aliphatic heterocycles. The lowest BCUT2D eigenvalue weighted by Gasteiger charge is -2.03. The molecule has 6 nitrogen and oxygen atoms in total. The molecule has 112 valence electrons. The van der Waals surface area contributed by atoms with Crippen molar-refractivity contribution in [2.45, 2.75) is 6.92 Å². The number of methoxy groups -OCH3 is 1. The van der Waals surface area contributed by atoms with Crippen LogP contribution < -0.4 is 0 Å². The predicted molar refractivity (Wildman–Crippen MR) is 82.8 cm³/mol. The lowest BCUT2D eigenvalue weighted by atomic mass is 10.1. The lowest BCUT2D eigenvalue weighted by Crippen LogP contribution is -2.01. The number of aromatic nitrogens is 2. The van der Waals surface area contributed by atoms with Crippen LogP contribution >= 0.6 is 0 Å². The van der Waals surface area contributed by atoms with Crippen molar-refractivity contribution in [1.29, 1.82) is 5.41 Å². The van der Waals surface area contributed by atoms with Crippen LogP contribution in [0.2, 0.25) is 0 Å². The number of allylic oxidation sites excluding steroid dienone is 3. The first kappa shape index (κ1) is 15.4. The highest BCUT2D eigenvalue weighted by atomic mass is 16.5. The molecule has 0 atom stereocenters. The number of esters is 1. The Bertz CT molecular complexity index is 745. The van der Waals surface area contributed by atoms with Gasteiger partial charge < -0.3 is 14.7 Å². The maximum atomic E-state index is 11.6. The number of rotatable bonds is 5. The van der Waals surface area contributed by atoms with Gasteiger partial charge in [-0.3, -0.25) is 0 Å². The molecule has 0 aliphatic carbocycles. The number of hydrogen-bond acceptors (Lipinski definition) is 6. The van der Waals surface area contributed by atoms with Gasteiger partial charge in [-0.25, -0.2) is 4.79 Å². The molecule has 0 fully saturated rings. The quantitative estimate of drug-likeness (QED) is 0.520. The molecule has 0 amide bonds. The summed E-state index contributed by atoms with van der Waals surface area (Å²) >= 11 is 0. The SMILES string of the molecule is COC(=O)c1cc(C)cc(-c2nc(/C=C/C=C\C=N)no2)c1. The first-order chi connectivity index (χ1) is 10.6. The van der Waals surface area contributed by atoms with E-state index in [0.29, 0.717) is 22.8 Å². The average molecular weight is 297 g/mol. The molecule has 2 aromatic rings. The fourth-order valence-corrected chi connectivity index (χ4v) is 1.82. The first-order valence-electron chi connectivity index (χ1n) is 6.52. The highest BCUT2D eigenvalue weighted by molar-refractivity contribution is 5.91. The fraction of sp³-hybridized carbons (Fsp3) is 0.125. The Morgan fingerprint density at radius 2 is 2.09 bits per heavy atom. The highest BCUT2D eigenvalue weighted by Gasteiger charge is 2.12.